The molecule has 4 nitrogen and oxygen atoms in total. The number of nitrogens with one attached hydrogen (secondary N) is 1. The van der Waals surface area contributed by atoms with Crippen molar-refractivity contribution in [3.05, 3.63) is 48.2 Å². The zero-order chi connectivity index (χ0) is 13.7. The van der Waals surface area contributed by atoms with E-state index in [2.05, 4.69) is 53.4 Å². The number of rotatable bonds is 5. The first kappa shape index (κ1) is 13.3. The lowest BCUT2D eigenvalue weighted by atomic mass is 9.95. The third-order valence-electron chi connectivity index (χ3n) is 3.02. The Morgan fingerprint density at radius 2 is 1.89 bits per heavy atom. The molecule has 0 aliphatic heterocycles. The van der Waals surface area contributed by atoms with E-state index in [-0.39, 0.29) is 5.54 Å². The Morgan fingerprint density at radius 1 is 1.16 bits per heavy atom. The fourth-order valence-corrected chi connectivity index (χ4v) is 1.95. The molecule has 1 aromatic heterocycles. The smallest absolute Gasteiger partial charge is 0.221 e. The third-order valence-corrected chi connectivity index (χ3v) is 3.02. The van der Waals surface area contributed by atoms with Gasteiger partial charge < -0.3 is 11.1 Å². The summed E-state index contributed by atoms with van der Waals surface area (Å²) in [5.41, 5.74) is 6.88. The molecule has 0 spiro atoms. The van der Waals surface area contributed by atoms with Crippen LogP contribution in [0, 0.1) is 0 Å². The summed E-state index contributed by atoms with van der Waals surface area (Å²) in [6.07, 6.45) is 3.71. The maximum atomic E-state index is 5.58. The van der Waals surface area contributed by atoms with Gasteiger partial charge in [-0.2, -0.15) is 4.98 Å². The van der Waals surface area contributed by atoms with Crippen LogP contribution >= 0.6 is 0 Å². The Kier molecular flexibility index (Phi) is 4.00. The highest BCUT2D eigenvalue weighted by Crippen LogP contribution is 2.19. The van der Waals surface area contributed by atoms with Crippen LogP contribution in [0.4, 0.5) is 11.8 Å². The molecule has 0 aliphatic rings. The first-order valence-electron chi connectivity index (χ1n) is 6.46. The summed E-state index contributed by atoms with van der Waals surface area (Å²) in [6.45, 7) is 4.32. The van der Waals surface area contributed by atoms with E-state index in [0.29, 0.717) is 5.95 Å². The SMILES string of the molecule is CC(C)(CCc1ccccc1)Nc1ccnc(N)n1. The minimum absolute atomic E-state index is 0.0450. The van der Waals surface area contributed by atoms with Gasteiger partial charge in [-0.05, 0) is 38.3 Å². The van der Waals surface area contributed by atoms with Gasteiger partial charge in [-0.15, -0.1) is 0 Å². The molecule has 0 bridgehead atoms. The second-order valence-corrected chi connectivity index (χ2v) is 5.29. The molecule has 0 aliphatic carbocycles. The molecule has 0 fully saturated rings. The average molecular weight is 256 g/mol. The van der Waals surface area contributed by atoms with Gasteiger partial charge >= 0.3 is 0 Å². The number of aryl methyl sites for hydroxylation is 1. The second kappa shape index (κ2) is 5.69. The zero-order valence-corrected chi connectivity index (χ0v) is 11.4. The molecule has 0 amide bonds. The van der Waals surface area contributed by atoms with E-state index in [0.717, 1.165) is 18.7 Å². The lowest BCUT2D eigenvalue weighted by Gasteiger charge is -2.27. The summed E-state index contributed by atoms with van der Waals surface area (Å²) in [6, 6.07) is 12.3. The monoisotopic (exact) mass is 256 g/mol. The van der Waals surface area contributed by atoms with Crippen molar-refractivity contribution in [3.63, 3.8) is 0 Å². The molecule has 19 heavy (non-hydrogen) atoms. The van der Waals surface area contributed by atoms with E-state index >= 15 is 0 Å². The summed E-state index contributed by atoms with van der Waals surface area (Å²) in [5, 5.41) is 3.40. The largest absolute Gasteiger partial charge is 0.368 e. The number of hydrogen-bond acceptors (Lipinski definition) is 4. The lowest BCUT2D eigenvalue weighted by Crippen LogP contribution is -2.32. The van der Waals surface area contributed by atoms with Crippen molar-refractivity contribution in [1.82, 2.24) is 9.97 Å². The van der Waals surface area contributed by atoms with Crippen LogP contribution < -0.4 is 11.1 Å². The molecule has 2 aromatic rings. The van der Waals surface area contributed by atoms with Gasteiger partial charge in [0.15, 0.2) is 0 Å². The number of benzene rings is 1. The highest BCUT2D eigenvalue weighted by atomic mass is 15.1. The van der Waals surface area contributed by atoms with Crippen LogP contribution in [0.3, 0.4) is 0 Å². The van der Waals surface area contributed by atoms with Crippen molar-refractivity contribution < 1.29 is 0 Å². The van der Waals surface area contributed by atoms with Crippen LogP contribution in [0.1, 0.15) is 25.8 Å². The highest BCUT2D eigenvalue weighted by molar-refractivity contribution is 5.39. The third kappa shape index (κ3) is 4.25. The Labute approximate surface area is 114 Å². The van der Waals surface area contributed by atoms with E-state index in [9.17, 15) is 0 Å². The number of nitrogens with two attached hydrogens (primary N) is 1. The summed E-state index contributed by atoms with van der Waals surface area (Å²) >= 11 is 0. The molecular formula is C15H20N4. The number of nitrogen functional groups attached to an aromatic ring is 1. The lowest BCUT2D eigenvalue weighted by molar-refractivity contribution is 0.516. The molecule has 3 N–H and O–H groups in total. The van der Waals surface area contributed by atoms with Crippen LogP contribution in [-0.2, 0) is 6.42 Å². The minimum Gasteiger partial charge on any atom is -0.368 e. The van der Waals surface area contributed by atoms with Gasteiger partial charge in [-0.1, -0.05) is 30.3 Å². The number of aromatic nitrogens is 2. The minimum atomic E-state index is -0.0450. The van der Waals surface area contributed by atoms with Gasteiger partial charge in [0.25, 0.3) is 0 Å². The predicted octanol–water partition coefficient (Wildman–Crippen LogP) is 2.88. The van der Waals surface area contributed by atoms with Crippen LogP contribution in [0.2, 0.25) is 0 Å². The van der Waals surface area contributed by atoms with Crippen molar-refractivity contribution in [1.29, 1.82) is 0 Å². The summed E-state index contributed by atoms with van der Waals surface area (Å²) in [5.74, 6) is 1.06. The van der Waals surface area contributed by atoms with Gasteiger partial charge in [-0.3, -0.25) is 0 Å². The first-order chi connectivity index (χ1) is 9.05. The topological polar surface area (TPSA) is 63.8 Å². The zero-order valence-electron chi connectivity index (χ0n) is 11.4. The Balaban J connectivity index is 1.95. The highest BCUT2D eigenvalue weighted by Gasteiger charge is 2.17. The van der Waals surface area contributed by atoms with Crippen LogP contribution in [0.25, 0.3) is 0 Å². The molecule has 100 valence electrons. The van der Waals surface area contributed by atoms with E-state index in [1.165, 1.54) is 5.56 Å². The predicted molar refractivity (Wildman–Crippen MR) is 78.9 cm³/mol. The summed E-state index contributed by atoms with van der Waals surface area (Å²) in [4.78, 5) is 8.06. The molecule has 1 heterocycles. The van der Waals surface area contributed by atoms with Gasteiger partial charge in [0.05, 0.1) is 0 Å². The molecule has 1 aromatic carbocycles. The Bertz CT molecular complexity index is 523. The molecule has 0 radical (unpaired) electrons. The first-order valence-corrected chi connectivity index (χ1v) is 6.46. The summed E-state index contributed by atoms with van der Waals surface area (Å²) < 4.78 is 0. The molecule has 0 unspecified atom stereocenters. The number of anilines is 2. The maximum Gasteiger partial charge on any atom is 0.221 e. The van der Waals surface area contributed by atoms with E-state index in [1.807, 2.05) is 12.1 Å². The van der Waals surface area contributed by atoms with Crippen molar-refractivity contribution in [2.24, 2.45) is 0 Å². The Morgan fingerprint density at radius 3 is 2.58 bits per heavy atom. The molecule has 0 atom stereocenters. The van der Waals surface area contributed by atoms with Gasteiger partial charge in [0.2, 0.25) is 5.95 Å². The normalized spacial score (nSPS) is 11.3. The number of hydrogen-bond donors (Lipinski definition) is 2. The molecule has 4 heteroatoms. The molecular weight excluding hydrogens is 236 g/mol. The molecule has 2 rings (SSSR count). The van der Waals surface area contributed by atoms with Crippen molar-refractivity contribution in [3.8, 4) is 0 Å². The van der Waals surface area contributed by atoms with Gasteiger partial charge in [0, 0.05) is 11.7 Å². The fourth-order valence-electron chi connectivity index (χ4n) is 1.95. The van der Waals surface area contributed by atoms with Crippen molar-refractivity contribution >= 4 is 11.8 Å². The van der Waals surface area contributed by atoms with E-state index < -0.39 is 0 Å². The van der Waals surface area contributed by atoms with Crippen molar-refractivity contribution in [2.45, 2.75) is 32.2 Å². The van der Waals surface area contributed by atoms with Crippen LogP contribution in [-0.4, -0.2) is 15.5 Å². The standard InChI is InChI=1S/C15H20N4/c1-15(2,10-8-12-6-4-3-5-7-12)19-13-9-11-17-14(16)18-13/h3-7,9,11H,8,10H2,1-2H3,(H3,16,17,18,19). The summed E-state index contributed by atoms with van der Waals surface area (Å²) in [7, 11) is 0. The van der Waals surface area contributed by atoms with Crippen LogP contribution in [0.5, 0.6) is 0 Å². The second-order valence-electron chi connectivity index (χ2n) is 5.29. The van der Waals surface area contributed by atoms with Crippen molar-refractivity contribution in [2.75, 3.05) is 11.1 Å². The number of nitrogens with zero attached hydrogens (tertiary/aromatic N) is 2. The molecule has 0 saturated carbocycles. The van der Waals surface area contributed by atoms with E-state index in [1.54, 1.807) is 6.20 Å². The molecule has 0 saturated heterocycles. The van der Waals surface area contributed by atoms with Crippen LogP contribution in [0.15, 0.2) is 42.6 Å². The quantitative estimate of drug-likeness (QED) is 0.863. The average Bonchev–Trinajstić information content (AvgIpc) is 2.37. The fraction of sp³-hybridized carbons (Fsp3) is 0.333. The Hall–Kier alpha value is -2.10. The van der Waals surface area contributed by atoms with Gasteiger partial charge in [-0.25, -0.2) is 4.98 Å². The maximum absolute atomic E-state index is 5.58. The van der Waals surface area contributed by atoms with Gasteiger partial charge in [0.1, 0.15) is 5.82 Å². The van der Waals surface area contributed by atoms with E-state index in [4.69, 9.17) is 5.73 Å².